The van der Waals surface area contributed by atoms with Gasteiger partial charge in [0.05, 0.1) is 17.2 Å². The molecule has 0 amide bonds. The maximum absolute atomic E-state index is 9.63. The van der Waals surface area contributed by atoms with Crippen molar-refractivity contribution in [2.45, 2.75) is 30.5 Å². The monoisotopic (exact) mass is 314 g/mol. The molecule has 1 fully saturated rings. The zero-order chi connectivity index (χ0) is 15.6. The van der Waals surface area contributed by atoms with Crippen LogP contribution in [0.2, 0.25) is 0 Å². The van der Waals surface area contributed by atoms with E-state index in [4.69, 9.17) is 14.2 Å². The summed E-state index contributed by atoms with van der Waals surface area (Å²) in [6.07, 6.45) is 5.24. The van der Waals surface area contributed by atoms with Crippen LogP contribution < -0.4 is 9.47 Å². The van der Waals surface area contributed by atoms with Crippen molar-refractivity contribution in [1.29, 1.82) is 0 Å². The lowest BCUT2D eigenvalue weighted by atomic mass is 9.65. The van der Waals surface area contributed by atoms with E-state index in [1.54, 1.807) is 7.11 Å². The number of hydrogen-bond acceptors (Lipinski definition) is 6. The number of ether oxygens (including phenoxy) is 3. The fourth-order valence-corrected chi connectivity index (χ4v) is 4.61. The maximum Gasteiger partial charge on any atom is 0.231 e. The molecule has 1 N–H and O–H groups in total. The average molecular weight is 314 g/mol. The third-order valence-electron chi connectivity index (χ3n) is 5.67. The minimum absolute atomic E-state index is 0.101. The van der Waals surface area contributed by atoms with Gasteiger partial charge in [0.15, 0.2) is 11.5 Å². The molecule has 4 aliphatic rings. The average Bonchev–Trinajstić information content (AvgIpc) is 3.13. The van der Waals surface area contributed by atoms with Gasteiger partial charge in [-0.15, -0.1) is 0 Å². The summed E-state index contributed by atoms with van der Waals surface area (Å²) in [5.41, 5.74) is 2.79. The first-order valence-corrected chi connectivity index (χ1v) is 7.87. The molecular formula is C17H18N2O4. The Hall–Kier alpha value is -2.05. The van der Waals surface area contributed by atoms with Gasteiger partial charge in [-0.3, -0.25) is 4.90 Å². The van der Waals surface area contributed by atoms with Crippen molar-refractivity contribution in [2.75, 3.05) is 20.4 Å². The molecule has 0 aromatic heterocycles. The second kappa shape index (κ2) is 4.49. The topological polar surface area (TPSA) is 63.5 Å². The molecule has 0 saturated carbocycles. The fourth-order valence-electron chi connectivity index (χ4n) is 4.61. The predicted molar refractivity (Wildman–Crippen MR) is 82.2 cm³/mol. The molecule has 1 unspecified atom stereocenters. The van der Waals surface area contributed by atoms with Crippen LogP contribution in [0.1, 0.15) is 17.5 Å². The molecule has 0 spiro atoms. The summed E-state index contributed by atoms with van der Waals surface area (Å²) in [5.74, 6) is 1.58. The number of benzene rings is 1. The zero-order valence-electron chi connectivity index (χ0n) is 12.9. The number of fused-ring (bicyclic) bond motifs is 2. The largest absolute Gasteiger partial charge is 0.454 e. The highest BCUT2D eigenvalue weighted by Gasteiger charge is 2.57. The van der Waals surface area contributed by atoms with Gasteiger partial charge in [-0.25, -0.2) is 0 Å². The van der Waals surface area contributed by atoms with Gasteiger partial charge in [0.25, 0.3) is 0 Å². The quantitative estimate of drug-likeness (QED) is 0.485. The smallest absolute Gasteiger partial charge is 0.231 e. The van der Waals surface area contributed by atoms with Crippen LogP contribution in [-0.2, 0) is 16.7 Å². The lowest BCUT2D eigenvalue weighted by Gasteiger charge is -2.45. The first kappa shape index (κ1) is 13.4. The summed E-state index contributed by atoms with van der Waals surface area (Å²) in [4.78, 5) is 2.37. The number of oxime groups is 1. The summed E-state index contributed by atoms with van der Waals surface area (Å²) in [6.45, 7) is 1.76. The highest BCUT2D eigenvalue weighted by Crippen LogP contribution is 2.52. The highest BCUT2D eigenvalue weighted by atomic mass is 16.7. The molecule has 120 valence electrons. The van der Waals surface area contributed by atoms with Gasteiger partial charge in [0.2, 0.25) is 6.79 Å². The normalized spacial score (nSPS) is 37.8. The third-order valence-corrected chi connectivity index (χ3v) is 5.67. The van der Waals surface area contributed by atoms with Gasteiger partial charge in [-0.2, -0.15) is 0 Å². The van der Waals surface area contributed by atoms with Crippen LogP contribution in [0.5, 0.6) is 11.5 Å². The van der Waals surface area contributed by atoms with Crippen molar-refractivity contribution in [3.63, 3.8) is 0 Å². The van der Waals surface area contributed by atoms with Crippen molar-refractivity contribution in [3.05, 3.63) is 35.4 Å². The van der Waals surface area contributed by atoms with Crippen LogP contribution in [0.3, 0.4) is 0 Å². The summed E-state index contributed by atoms with van der Waals surface area (Å²) in [5, 5.41) is 13.3. The Kier molecular flexibility index (Phi) is 2.61. The van der Waals surface area contributed by atoms with Crippen LogP contribution in [-0.4, -0.2) is 48.4 Å². The Labute approximate surface area is 133 Å². The summed E-state index contributed by atoms with van der Waals surface area (Å²) < 4.78 is 16.6. The molecule has 1 saturated heterocycles. The van der Waals surface area contributed by atoms with Crippen LogP contribution in [0, 0.1) is 0 Å². The predicted octanol–water partition coefficient (Wildman–Crippen LogP) is 1.66. The molecule has 0 radical (unpaired) electrons. The number of rotatable bonds is 1. The van der Waals surface area contributed by atoms with Gasteiger partial charge >= 0.3 is 0 Å². The second-order valence-corrected chi connectivity index (χ2v) is 6.57. The number of hydrogen-bond donors (Lipinski definition) is 1. The Bertz CT molecular complexity index is 744. The second-order valence-electron chi connectivity index (χ2n) is 6.57. The third kappa shape index (κ3) is 1.57. The van der Waals surface area contributed by atoms with E-state index in [2.05, 4.69) is 34.3 Å². The lowest BCUT2D eigenvalue weighted by Crippen LogP contribution is -2.51. The van der Waals surface area contributed by atoms with Crippen LogP contribution >= 0.6 is 0 Å². The summed E-state index contributed by atoms with van der Waals surface area (Å²) >= 11 is 0. The molecule has 1 aliphatic carbocycles. The van der Waals surface area contributed by atoms with E-state index in [0.717, 1.165) is 30.2 Å². The fraction of sp³-hybridized carbons (Fsp3) is 0.471. The Morgan fingerprint density at radius 2 is 2.13 bits per heavy atom. The van der Waals surface area contributed by atoms with Crippen molar-refractivity contribution < 1.29 is 19.4 Å². The van der Waals surface area contributed by atoms with Crippen molar-refractivity contribution in [1.82, 2.24) is 4.90 Å². The molecule has 5 rings (SSSR count). The van der Waals surface area contributed by atoms with Crippen molar-refractivity contribution in [2.24, 2.45) is 5.16 Å². The maximum atomic E-state index is 9.63. The molecule has 23 heavy (non-hydrogen) atoms. The SMILES string of the molecule is CO[C@@H]1C=C[C@]23C(=NO)CN(Cc4cc5c(cc42)OCO5)[C@H]3C1. The molecular weight excluding hydrogens is 296 g/mol. The Morgan fingerprint density at radius 1 is 1.30 bits per heavy atom. The Balaban J connectivity index is 1.75. The van der Waals surface area contributed by atoms with E-state index in [1.165, 1.54) is 11.1 Å². The van der Waals surface area contributed by atoms with E-state index >= 15 is 0 Å². The van der Waals surface area contributed by atoms with Gasteiger partial charge in [-0.05, 0) is 29.7 Å². The highest BCUT2D eigenvalue weighted by molar-refractivity contribution is 6.02. The molecule has 3 aliphatic heterocycles. The molecule has 6 nitrogen and oxygen atoms in total. The van der Waals surface area contributed by atoms with E-state index < -0.39 is 5.41 Å². The summed E-state index contributed by atoms with van der Waals surface area (Å²) in [6, 6.07) is 4.38. The van der Waals surface area contributed by atoms with Crippen molar-refractivity contribution in [3.8, 4) is 11.5 Å². The van der Waals surface area contributed by atoms with Crippen molar-refractivity contribution >= 4 is 5.71 Å². The first-order valence-electron chi connectivity index (χ1n) is 7.87. The van der Waals surface area contributed by atoms with Gasteiger partial charge in [0.1, 0.15) is 0 Å². The van der Waals surface area contributed by atoms with Crippen LogP contribution in [0.4, 0.5) is 0 Å². The van der Waals surface area contributed by atoms with E-state index in [1.807, 2.05) is 0 Å². The lowest BCUT2D eigenvalue weighted by molar-refractivity contribution is 0.0764. The summed E-state index contributed by atoms with van der Waals surface area (Å²) in [7, 11) is 1.74. The minimum Gasteiger partial charge on any atom is -0.454 e. The Morgan fingerprint density at radius 3 is 2.91 bits per heavy atom. The minimum atomic E-state index is -0.391. The molecule has 2 bridgehead atoms. The van der Waals surface area contributed by atoms with E-state index in [0.29, 0.717) is 6.54 Å². The van der Waals surface area contributed by atoms with Gasteiger partial charge in [0, 0.05) is 26.2 Å². The van der Waals surface area contributed by atoms with Gasteiger partial charge < -0.3 is 19.4 Å². The number of nitrogens with zero attached hydrogens (tertiary/aromatic N) is 2. The molecule has 4 atom stereocenters. The molecule has 1 aromatic rings. The zero-order valence-corrected chi connectivity index (χ0v) is 12.9. The standard InChI is InChI=1S/C17H18N2O4/c1-21-11-2-3-17-12-6-14-13(22-9-23-14)4-10(12)7-19(16(17)5-11)8-15(17)18-20/h2-4,6,11,16,20H,5,7-9H2,1H3/t11-,16+,17-/m1/s1. The van der Waals surface area contributed by atoms with Gasteiger partial charge in [-0.1, -0.05) is 17.3 Å². The molecule has 1 aromatic carbocycles. The van der Waals surface area contributed by atoms with Crippen LogP contribution in [0.25, 0.3) is 0 Å². The molecule has 6 heteroatoms. The number of methoxy groups -OCH3 is 1. The first-order chi connectivity index (χ1) is 11.3. The molecule has 3 heterocycles. The van der Waals surface area contributed by atoms with E-state index in [9.17, 15) is 5.21 Å². The van der Waals surface area contributed by atoms with E-state index in [-0.39, 0.29) is 18.9 Å². The van der Waals surface area contributed by atoms with Crippen LogP contribution in [0.15, 0.2) is 29.4 Å².